The van der Waals surface area contributed by atoms with E-state index in [1.165, 1.54) is 11.9 Å². The number of aromatic nitrogens is 3. The van der Waals surface area contributed by atoms with Crippen LogP contribution in [-0.2, 0) is 0 Å². The fourth-order valence-electron chi connectivity index (χ4n) is 3.08. The first-order chi connectivity index (χ1) is 13.3. The number of carbonyl (C=O) groups excluding carboxylic acids is 1. The van der Waals surface area contributed by atoms with Crippen LogP contribution in [0.1, 0.15) is 10.4 Å². The zero-order chi connectivity index (χ0) is 18.5. The van der Waals surface area contributed by atoms with Crippen molar-refractivity contribution in [2.45, 2.75) is 0 Å². The second kappa shape index (κ2) is 7.82. The van der Waals surface area contributed by atoms with E-state index >= 15 is 0 Å². The van der Waals surface area contributed by atoms with Gasteiger partial charge in [0.1, 0.15) is 0 Å². The summed E-state index contributed by atoms with van der Waals surface area (Å²) < 4.78 is 0. The van der Waals surface area contributed by atoms with Gasteiger partial charge in [-0.05, 0) is 36.4 Å². The molecule has 27 heavy (non-hydrogen) atoms. The first-order valence-corrected chi connectivity index (χ1v) is 8.90. The molecule has 1 N–H and O–H groups in total. The zero-order valence-electron chi connectivity index (χ0n) is 14.8. The van der Waals surface area contributed by atoms with Crippen LogP contribution in [0.3, 0.4) is 0 Å². The fourth-order valence-corrected chi connectivity index (χ4v) is 3.08. The molecule has 3 aromatic rings. The largest absolute Gasteiger partial charge is 0.368 e. The minimum absolute atomic E-state index is 0.248. The molecular formula is C20H20N6O. The lowest BCUT2D eigenvalue weighted by Gasteiger charge is -2.36. The van der Waals surface area contributed by atoms with Crippen LogP contribution in [0.25, 0.3) is 0 Å². The summed E-state index contributed by atoms with van der Waals surface area (Å²) in [5.74, 6) is 0.999. The molecule has 1 aromatic carbocycles. The van der Waals surface area contributed by atoms with E-state index in [4.69, 9.17) is 0 Å². The summed E-state index contributed by atoms with van der Waals surface area (Å²) in [4.78, 5) is 20.7. The Morgan fingerprint density at radius 3 is 2.30 bits per heavy atom. The smallest absolute Gasteiger partial charge is 0.258 e. The second-order valence-electron chi connectivity index (χ2n) is 6.28. The maximum absolute atomic E-state index is 12.1. The van der Waals surface area contributed by atoms with E-state index in [9.17, 15) is 4.79 Å². The number of rotatable bonds is 4. The Morgan fingerprint density at radius 1 is 0.852 bits per heavy atom. The molecule has 3 heterocycles. The van der Waals surface area contributed by atoms with E-state index in [2.05, 4.69) is 54.6 Å². The fraction of sp³-hybridized carbons (Fsp3) is 0.200. The number of para-hydroxylation sites is 1. The number of nitrogens with one attached hydrogen (secondary N) is 1. The molecule has 0 saturated carbocycles. The minimum atomic E-state index is -0.248. The molecule has 0 bridgehead atoms. The van der Waals surface area contributed by atoms with Gasteiger partial charge in [-0.3, -0.25) is 9.78 Å². The van der Waals surface area contributed by atoms with Gasteiger partial charge in [0.05, 0.1) is 5.56 Å². The average molecular weight is 360 g/mol. The Labute approximate surface area is 157 Å². The Bertz CT molecular complexity index is 877. The molecule has 7 nitrogen and oxygen atoms in total. The van der Waals surface area contributed by atoms with E-state index in [1.54, 1.807) is 24.4 Å². The number of amides is 1. The second-order valence-corrected chi connectivity index (χ2v) is 6.28. The summed E-state index contributed by atoms with van der Waals surface area (Å²) >= 11 is 0. The van der Waals surface area contributed by atoms with Gasteiger partial charge < -0.3 is 15.1 Å². The number of hydrogen-bond acceptors (Lipinski definition) is 6. The molecule has 4 rings (SSSR count). The van der Waals surface area contributed by atoms with Crippen molar-refractivity contribution in [1.82, 2.24) is 15.2 Å². The van der Waals surface area contributed by atoms with Crippen LogP contribution in [0.4, 0.5) is 17.3 Å². The van der Waals surface area contributed by atoms with Crippen LogP contribution in [0, 0.1) is 0 Å². The standard InChI is InChI=1S/C20H20N6O/c27-20(16-5-4-10-21-15-16)22-18-8-9-19(24-23-18)26-13-11-25(12-14-26)17-6-2-1-3-7-17/h1-10,15H,11-14H2,(H,22,23,27). The number of nitrogens with zero attached hydrogens (tertiary/aromatic N) is 5. The predicted molar refractivity (Wildman–Crippen MR) is 105 cm³/mol. The van der Waals surface area contributed by atoms with Crippen LogP contribution in [0.2, 0.25) is 0 Å². The van der Waals surface area contributed by atoms with Crippen molar-refractivity contribution < 1.29 is 4.79 Å². The molecule has 1 fully saturated rings. The zero-order valence-corrected chi connectivity index (χ0v) is 14.8. The number of pyridine rings is 1. The number of hydrogen-bond donors (Lipinski definition) is 1. The molecule has 1 aliphatic rings. The molecule has 0 aliphatic carbocycles. The van der Waals surface area contributed by atoms with Gasteiger partial charge in [0, 0.05) is 44.3 Å². The molecule has 0 unspecified atom stereocenters. The monoisotopic (exact) mass is 360 g/mol. The van der Waals surface area contributed by atoms with Gasteiger partial charge in [-0.25, -0.2) is 0 Å². The van der Waals surface area contributed by atoms with E-state index in [0.717, 1.165) is 32.0 Å². The molecule has 7 heteroatoms. The first-order valence-electron chi connectivity index (χ1n) is 8.90. The number of carbonyl (C=O) groups is 1. The van der Waals surface area contributed by atoms with E-state index in [1.807, 2.05) is 12.1 Å². The van der Waals surface area contributed by atoms with Crippen molar-refractivity contribution in [3.05, 3.63) is 72.6 Å². The third kappa shape index (κ3) is 4.03. The summed E-state index contributed by atoms with van der Waals surface area (Å²) in [6.07, 6.45) is 3.15. The highest BCUT2D eigenvalue weighted by Crippen LogP contribution is 2.19. The molecular weight excluding hydrogens is 340 g/mol. The third-order valence-corrected chi connectivity index (χ3v) is 4.54. The van der Waals surface area contributed by atoms with E-state index in [-0.39, 0.29) is 5.91 Å². The highest BCUT2D eigenvalue weighted by Gasteiger charge is 2.18. The third-order valence-electron chi connectivity index (χ3n) is 4.54. The summed E-state index contributed by atoms with van der Waals surface area (Å²) in [7, 11) is 0. The van der Waals surface area contributed by atoms with Crippen molar-refractivity contribution in [1.29, 1.82) is 0 Å². The van der Waals surface area contributed by atoms with Gasteiger partial charge >= 0.3 is 0 Å². The molecule has 136 valence electrons. The quantitative estimate of drug-likeness (QED) is 0.770. The molecule has 2 aromatic heterocycles. The van der Waals surface area contributed by atoms with Gasteiger partial charge in [-0.1, -0.05) is 18.2 Å². The van der Waals surface area contributed by atoms with Crippen molar-refractivity contribution in [3.8, 4) is 0 Å². The van der Waals surface area contributed by atoms with Crippen molar-refractivity contribution >= 4 is 23.2 Å². The lowest BCUT2D eigenvalue weighted by Crippen LogP contribution is -2.46. The average Bonchev–Trinajstić information content (AvgIpc) is 2.76. The Kier molecular flexibility index (Phi) is 4.91. The lowest BCUT2D eigenvalue weighted by molar-refractivity contribution is 0.102. The minimum Gasteiger partial charge on any atom is -0.368 e. The molecule has 1 saturated heterocycles. The number of piperazine rings is 1. The molecule has 1 amide bonds. The van der Waals surface area contributed by atoms with E-state index in [0.29, 0.717) is 11.4 Å². The Balaban J connectivity index is 1.35. The maximum atomic E-state index is 12.1. The van der Waals surface area contributed by atoms with Crippen molar-refractivity contribution in [2.24, 2.45) is 0 Å². The van der Waals surface area contributed by atoms with Gasteiger partial charge in [0.2, 0.25) is 0 Å². The van der Waals surface area contributed by atoms with Crippen LogP contribution in [0.15, 0.2) is 67.0 Å². The Hall–Kier alpha value is -3.48. The van der Waals surface area contributed by atoms with Gasteiger partial charge in [-0.2, -0.15) is 0 Å². The topological polar surface area (TPSA) is 74.2 Å². The van der Waals surface area contributed by atoms with Crippen LogP contribution >= 0.6 is 0 Å². The highest BCUT2D eigenvalue weighted by molar-refractivity contribution is 6.03. The van der Waals surface area contributed by atoms with Crippen molar-refractivity contribution in [3.63, 3.8) is 0 Å². The molecule has 0 radical (unpaired) electrons. The Morgan fingerprint density at radius 2 is 1.63 bits per heavy atom. The van der Waals surface area contributed by atoms with Crippen molar-refractivity contribution in [2.75, 3.05) is 41.3 Å². The van der Waals surface area contributed by atoms with Crippen LogP contribution in [0.5, 0.6) is 0 Å². The summed E-state index contributed by atoms with van der Waals surface area (Å²) in [5, 5.41) is 11.2. The van der Waals surface area contributed by atoms with Gasteiger partial charge in [0.25, 0.3) is 5.91 Å². The first kappa shape index (κ1) is 17.0. The number of anilines is 3. The highest BCUT2D eigenvalue weighted by atomic mass is 16.1. The molecule has 0 spiro atoms. The maximum Gasteiger partial charge on any atom is 0.258 e. The van der Waals surface area contributed by atoms with E-state index < -0.39 is 0 Å². The molecule has 0 atom stereocenters. The van der Waals surface area contributed by atoms with Gasteiger partial charge in [-0.15, -0.1) is 10.2 Å². The van der Waals surface area contributed by atoms with Crippen LogP contribution in [-0.4, -0.2) is 47.3 Å². The number of benzene rings is 1. The predicted octanol–water partition coefficient (Wildman–Crippen LogP) is 2.45. The summed E-state index contributed by atoms with van der Waals surface area (Å²) in [5.41, 5.74) is 1.73. The molecule has 1 aliphatic heterocycles. The van der Waals surface area contributed by atoms with Crippen LogP contribution < -0.4 is 15.1 Å². The normalized spacial score (nSPS) is 14.1. The lowest BCUT2D eigenvalue weighted by atomic mass is 10.2. The summed E-state index contributed by atoms with van der Waals surface area (Å²) in [6, 6.07) is 17.5. The SMILES string of the molecule is O=C(Nc1ccc(N2CCN(c3ccccc3)CC2)nn1)c1cccnc1. The van der Waals surface area contributed by atoms with Gasteiger partial charge in [0.15, 0.2) is 11.6 Å². The summed E-state index contributed by atoms with van der Waals surface area (Å²) in [6.45, 7) is 3.63.